The minimum Gasteiger partial charge on any atom is -0.490 e. The lowest BCUT2D eigenvalue weighted by Gasteiger charge is -2.16. The first-order valence-corrected chi connectivity index (χ1v) is 59.6. The van der Waals surface area contributed by atoms with Crippen molar-refractivity contribution in [3.8, 4) is 96.4 Å². The number of nitrogens with two attached hydrogens (primary N) is 1. The van der Waals surface area contributed by atoms with E-state index in [4.69, 9.17) is 33.8 Å². The van der Waals surface area contributed by atoms with Crippen LogP contribution in [0.1, 0.15) is 106 Å². The molecule has 5 atom stereocenters. The number of H-pyrrole nitrogens is 1. The van der Waals surface area contributed by atoms with Gasteiger partial charge in [-0.2, -0.15) is 25.8 Å². The number of nitriles is 1. The Morgan fingerprint density at radius 1 is 0.685 bits per heavy atom. The van der Waals surface area contributed by atoms with Crippen LogP contribution in [-0.2, 0) is 64.2 Å². The number of carbonyl (C=O) groups is 1. The number of amides is 1. The number of unbranched alkanes of at least 4 members (excludes halogenated alkanes) is 2. The second-order valence-corrected chi connectivity index (χ2v) is 51.6. The van der Waals surface area contributed by atoms with Gasteiger partial charge < -0.3 is 28.8 Å². The first kappa shape index (κ1) is 101. The molecule has 3 aliphatic carbocycles. The molecule has 5 unspecified atom stereocenters. The number of ether oxygens (including phenoxy) is 3. The van der Waals surface area contributed by atoms with E-state index in [0.29, 0.717) is 110 Å². The molecule has 2 fully saturated rings. The van der Waals surface area contributed by atoms with E-state index in [2.05, 4.69) is 158 Å². The third kappa shape index (κ3) is 24.0. The highest BCUT2D eigenvalue weighted by Crippen LogP contribution is 2.50. The number of benzene rings is 1. The molecule has 3 N–H and O–H groups in total. The van der Waals surface area contributed by atoms with E-state index in [0.717, 1.165) is 148 Å². The van der Waals surface area contributed by atoms with Crippen molar-refractivity contribution in [3.63, 3.8) is 0 Å². The molecule has 0 saturated heterocycles. The zero-order valence-corrected chi connectivity index (χ0v) is 88.4. The van der Waals surface area contributed by atoms with E-state index < -0.39 is 59.1 Å². The number of aromatic nitrogens is 20. The van der Waals surface area contributed by atoms with Crippen LogP contribution in [0, 0.1) is 31.1 Å². The number of hydrogen-bond donors (Lipinski definition) is 2. The molecular formula is C95H86N22O12S14. The Morgan fingerprint density at radius 3 is 2.16 bits per heavy atom. The number of primary amides is 1. The molecule has 143 heavy (non-hydrogen) atoms. The maximum Gasteiger partial charge on any atom is 0.411 e. The highest BCUT2D eigenvalue weighted by Gasteiger charge is 2.34. The zero-order chi connectivity index (χ0) is 99.4. The summed E-state index contributed by atoms with van der Waals surface area (Å²) in [7, 11) is -6.14. The quantitative estimate of drug-likeness (QED) is 0.0250. The van der Waals surface area contributed by atoms with Gasteiger partial charge >= 0.3 is 6.09 Å². The van der Waals surface area contributed by atoms with E-state index in [1.54, 1.807) is 62.3 Å². The van der Waals surface area contributed by atoms with Gasteiger partial charge in [-0.3, -0.25) is 21.9 Å². The van der Waals surface area contributed by atoms with Crippen LogP contribution in [0.15, 0.2) is 199 Å². The van der Waals surface area contributed by atoms with Gasteiger partial charge in [0.1, 0.15) is 87.0 Å². The predicted molar refractivity (Wildman–Crippen MR) is 569 cm³/mol. The van der Waals surface area contributed by atoms with Crippen LogP contribution in [0.3, 0.4) is 0 Å². The molecule has 34 nitrogen and oxygen atoms in total. The van der Waals surface area contributed by atoms with Crippen LogP contribution in [0.5, 0.6) is 11.6 Å². The van der Waals surface area contributed by atoms with Crippen LogP contribution in [0.2, 0.25) is 0 Å². The minimum absolute atomic E-state index is 0.00555. The number of aryl methyl sites for hydroxylation is 3. The van der Waals surface area contributed by atoms with Gasteiger partial charge in [-0.05, 0) is 149 Å². The monoisotopic (exact) mass is 2170 g/mol. The van der Waals surface area contributed by atoms with Gasteiger partial charge in [0.2, 0.25) is 18.1 Å². The predicted octanol–water partition coefficient (Wildman–Crippen LogP) is 21.1. The first-order chi connectivity index (χ1) is 69.6. The molecule has 4 aliphatic rings. The fourth-order valence-electron chi connectivity index (χ4n) is 14.6. The normalized spacial score (nSPS) is 14.6. The van der Waals surface area contributed by atoms with E-state index in [1.807, 2.05) is 84.3 Å². The molecule has 0 bridgehead atoms. The van der Waals surface area contributed by atoms with Crippen molar-refractivity contribution < 1.29 is 53.1 Å². The number of thiophene rings is 4. The molecule has 23 rings (SSSR count). The SMILES string of the molecule is C=CCS(=O)(=O)c1sc2nc(-c3nnco3)nc(-c3ccn[nH]3)c2c1C#N.C=S1CCCc2c1sc1nc(-c3ccc(C)s3)cc(OCCOC)c21.CCCCCS(=O)c1nc2ccc(C3=CC=CC3)nc2s1.CCCS(=O)c1nc2c(OC(N)=O)nc(C)nc2s1.O=S(CC1CC1)c1cc2c(-c3ncccn3)nc(-c3nccs3)nc2s1.O=S(c1nc2c(-c3ccccc3)cc(-c3ncco3)nc2s1)C1CC1. The molecule has 19 heterocycles. The van der Waals surface area contributed by atoms with Gasteiger partial charge in [0.25, 0.3) is 11.8 Å². The van der Waals surface area contributed by atoms with Gasteiger partial charge in [0, 0.05) is 81.7 Å². The molecule has 2 saturated carbocycles. The maximum atomic E-state index is 12.7. The van der Waals surface area contributed by atoms with Crippen molar-refractivity contribution in [1.29, 1.82) is 5.26 Å². The summed E-state index contributed by atoms with van der Waals surface area (Å²) in [6.07, 6.45) is 29.2. The Balaban J connectivity index is 0.000000114. The number of oxazole rings is 1. The number of methoxy groups -OCH3 is 1. The summed E-state index contributed by atoms with van der Waals surface area (Å²) >= 11 is 11.5. The fourth-order valence-corrected chi connectivity index (χ4v) is 32.0. The molecule has 48 heteroatoms. The number of rotatable bonds is 29. The molecule has 1 aromatic carbocycles. The second kappa shape index (κ2) is 46.3. The van der Waals surface area contributed by atoms with E-state index >= 15 is 0 Å². The number of sulfone groups is 1. The number of allylic oxidation sites excluding steroid dienone is 4. The van der Waals surface area contributed by atoms with Crippen molar-refractivity contribution in [3.05, 3.63) is 192 Å². The minimum atomic E-state index is -3.73. The molecule has 19 aromatic rings. The number of nitrogens with zero attached hydrogens (tertiary/aromatic N) is 20. The molecular weight excluding hydrogens is 2090 g/mol. The molecule has 0 radical (unpaired) electrons. The molecule has 0 spiro atoms. The third-order valence-electron chi connectivity index (χ3n) is 21.6. The fraction of sp³-hybridized carbons (Fsp3) is 0.263. The van der Waals surface area contributed by atoms with Gasteiger partial charge in [0.05, 0.1) is 108 Å². The van der Waals surface area contributed by atoms with Crippen LogP contribution in [0.25, 0.3) is 146 Å². The highest BCUT2D eigenvalue weighted by molar-refractivity contribution is 8.15. The Kier molecular flexibility index (Phi) is 32.7. The molecule has 1 aliphatic heterocycles. The van der Waals surface area contributed by atoms with E-state index in [1.165, 1.54) is 131 Å². The number of carbonyl (C=O) groups excluding carboxylic acids is 1. The van der Waals surface area contributed by atoms with Gasteiger partial charge in [-0.1, -0.05) is 121 Å². The second-order valence-electron chi connectivity index (χ2n) is 32.0. The lowest BCUT2D eigenvalue weighted by Crippen LogP contribution is -2.17. The number of aromatic amines is 1. The van der Waals surface area contributed by atoms with E-state index in [-0.39, 0.29) is 48.9 Å². The van der Waals surface area contributed by atoms with Gasteiger partial charge in [0.15, 0.2) is 49.9 Å². The lowest BCUT2D eigenvalue weighted by atomic mass is 10.1. The summed E-state index contributed by atoms with van der Waals surface area (Å²) in [5.74, 6) is 11.0. The summed E-state index contributed by atoms with van der Waals surface area (Å²) in [4.78, 5) is 88.8. The Bertz CT molecular complexity index is 8220. The number of pyridine rings is 3. The molecule has 1 amide bonds. The summed E-state index contributed by atoms with van der Waals surface area (Å²) in [6, 6.07) is 29.7. The van der Waals surface area contributed by atoms with Crippen molar-refractivity contribution in [2.24, 2.45) is 11.7 Å². The third-order valence-corrected chi connectivity index (χ3v) is 41.6. The summed E-state index contributed by atoms with van der Waals surface area (Å²) in [6.45, 7) is 12.5. The van der Waals surface area contributed by atoms with Crippen LogP contribution in [0.4, 0.5) is 4.79 Å². The summed E-state index contributed by atoms with van der Waals surface area (Å²) < 4.78 is 105. The number of fused-ring (bicyclic) bond motifs is 8. The van der Waals surface area contributed by atoms with Crippen LogP contribution >= 0.6 is 101 Å². The Hall–Kier alpha value is -12.1. The van der Waals surface area contributed by atoms with Crippen molar-refractivity contribution >= 4 is 233 Å². The van der Waals surface area contributed by atoms with Gasteiger partial charge in [-0.25, -0.2) is 88.0 Å². The van der Waals surface area contributed by atoms with Crippen LogP contribution < -0.4 is 15.2 Å². The number of thiazole rings is 4. The molecule has 732 valence electrons. The van der Waals surface area contributed by atoms with Gasteiger partial charge in [-0.15, -0.1) is 73.5 Å². The largest absolute Gasteiger partial charge is 0.490 e. The van der Waals surface area contributed by atoms with Crippen molar-refractivity contribution in [2.45, 2.75) is 129 Å². The summed E-state index contributed by atoms with van der Waals surface area (Å²) in [5.41, 5.74) is 15.7. The average Bonchev–Trinajstić information content (AvgIpc) is 1.64. The topological polar surface area (TPSA) is 484 Å². The van der Waals surface area contributed by atoms with Crippen molar-refractivity contribution in [2.75, 3.05) is 49.1 Å². The lowest BCUT2D eigenvalue weighted by molar-refractivity contribution is 0.147. The maximum absolute atomic E-state index is 12.7. The van der Waals surface area contributed by atoms with Crippen molar-refractivity contribution in [1.82, 2.24) is 100 Å². The summed E-state index contributed by atoms with van der Waals surface area (Å²) in [5, 5.41) is 29.0. The number of nitrogens with one attached hydrogen (secondary N) is 1. The number of hydrogen-bond acceptors (Lipinski definition) is 40. The zero-order valence-electron chi connectivity index (χ0n) is 76.9. The Labute approximate surface area is 862 Å². The standard InChI is InChI=1S/C19H21NO2S3.C18H13N3O2S2.C17H13N5OS3.C16H18N2OS2.C15H9N7O3S2.C10H12N4O3S2/c1-12-6-7-16(23-12)14-11-15(22-9-8-21-2)17-13-5-4-10-25(3)19(13)24-18(17)20-14;22-25(12-6-7-12)18-21-15-13(11-4-2-1-3-5-11)10-14(20-17(15)24-18)16-19-8-9-23-16;23-26(9-10-2-3-10)12-8-11-13(14-18-4-1-5-19-14)21-15(22-16(11)25-12)17-20-6-7-24-17;1-2-3-6-11-21(19)16-18-14-10-9-13(17-15(14)20-16)12-7-4-5-8-12;1-2-5-27(23,24)15-8(6-16)10-11(9-3-4-17-21-9)19-12(20-14(10)26-15)13-22-18-7-25-13;1-3-4-19(16)10-14-6-7(17-9(11)15)12-5(2)13-8(6)18-10/h6-7,11H,3-5,8-10H2,1-2H3;1-5,8-10,12H,6-7H2;1,4-8,10H,2-3,9H2;4-5,7,9-10H,2-3,6,8,11H2,1H3;2-4,7H,1,5H2,(H,17,21);3-4H2,1-2H3,(H2,11,15). The van der Waals surface area contributed by atoms with E-state index in [9.17, 15) is 35.3 Å². The van der Waals surface area contributed by atoms with Crippen LogP contribution in [-0.4, -0.2) is 192 Å². The highest BCUT2D eigenvalue weighted by atomic mass is 32.2. The Morgan fingerprint density at radius 2 is 1.45 bits per heavy atom. The smallest absolute Gasteiger partial charge is 0.411 e. The molecule has 18 aromatic heterocycles. The first-order valence-electron chi connectivity index (χ1n) is 44.7. The average molecular weight is 2180 g/mol.